The molecule has 0 aromatic carbocycles. The maximum Gasteiger partial charge on any atom is 0.311 e. The van der Waals surface area contributed by atoms with Crippen molar-refractivity contribution in [2.24, 2.45) is 23.2 Å². The molecule has 0 heterocycles. The standard InChI is InChI=1S/C15H28O3/c1-10(2)12(13(16)18-6)15(17)8-7-14(4,5)9-11(15)3/h10-12,17H,7-9H2,1-6H3. The van der Waals surface area contributed by atoms with Crippen LogP contribution in [0.4, 0.5) is 0 Å². The Bertz CT molecular complexity index is 309. The van der Waals surface area contributed by atoms with Crippen LogP contribution >= 0.6 is 0 Å². The van der Waals surface area contributed by atoms with Crippen LogP contribution in [-0.4, -0.2) is 23.8 Å². The SMILES string of the molecule is COC(=O)C(C(C)C)C1(O)CCC(C)(C)CC1C. The first-order valence-corrected chi connectivity index (χ1v) is 6.94. The minimum absolute atomic E-state index is 0.0890. The van der Waals surface area contributed by atoms with Crippen molar-refractivity contribution >= 4 is 5.97 Å². The van der Waals surface area contributed by atoms with Crippen LogP contribution in [0.25, 0.3) is 0 Å². The first-order valence-electron chi connectivity index (χ1n) is 6.94. The molecule has 1 aliphatic rings. The van der Waals surface area contributed by atoms with Crippen molar-refractivity contribution in [3.63, 3.8) is 0 Å². The molecular formula is C15H28O3. The minimum atomic E-state index is -0.920. The van der Waals surface area contributed by atoms with Crippen LogP contribution in [0.2, 0.25) is 0 Å². The molecule has 0 radical (unpaired) electrons. The number of carbonyl (C=O) groups excluding carboxylic acids is 1. The zero-order valence-corrected chi connectivity index (χ0v) is 12.6. The summed E-state index contributed by atoms with van der Waals surface area (Å²) in [4.78, 5) is 12.0. The lowest BCUT2D eigenvalue weighted by atomic mass is 9.59. The zero-order valence-electron chi connectivity index (χ0n) is 12.6. The summed E-state index contributed by atoms with van der Waals surface area (Å²) in [6, 6.07) is 0. The molecule has 0 bridgehead atoms. The normalized spacial score (nSPS) is 33.2. The maximum atomic E-state index is 12.0. The lowest BCUT2D eigenvalue weighted by molar-refractivity contribution is -0.173. The van der Waals surface area contributed by atoms with Crippen LogP contribution in [0.3, 0.4) is 0 Å². The lowest BCUT2D eigenvalue weighted by Crippen LogP contribution is -2.54. The molecule has 3 unspecified atom stereocenters. The average Bonchev–Trinajstić information content (AvgIpc) is 2.23. The highest BCUT2D eigenvalue weighted by Crippen LogP contribution is 2.48. The number of aliphatic hydroxyl groups is 1. The molecule has 0 spiro atoms. The molecule has 1 fully saturated rings. The van der Waals surface area contributed by atoms with Gasteiger partial charge in [-0.1, -0.05) is 34.6 Å². The van der Waals surface area contributed by atoms with E-state index in [2.05, 4.69) is 20.8 Å². The molecule has 0 aromatic heterocycles. The summed E-state index contributed by atoms with van der Waals surface area (Å²) < 4.78 is 4.89. The molecule has 3 atom stereocenters. The molecule has 1 N–H and O–H groups in total. The molecular weight excluding hydrogens is 228 g/mol. The van der Waals surface area contributed by atoms with E-state index in [1.54, 1.807) is 0 Å². The number of hydrogen-bond acceptors (Lipinski definition) is 3. The van der Waals surface area contributed by atoms with E-state index in [9.17, 15) is 9.90 Å². The molecule has 18 heavy (non-hydrogen) atoms. The molecule has 1 saturated carbocycles. The smallest absolute Gasteiger partial charge is 0.311 e. The molecule has 3 nitrogen and oxygen atoms in total. The number of ether oxygens (including phenoxy) is 1. The van der Waals surface area contributed by atoms with E-state index in [4.69, 9.17) is 4.74 Å². The van der Waals surface area contributed by atoms with Gasteiger partial charge in [0.25, 0.3) is 0 Å². The van der Waals surface area contributed by atoms with Gasteiger partial charge in [-0.15, -0.1) is 0 Å². The zero-order chi connectivity index (χ0) is 14.1. The van der Waals surface area contributed by atoms with Crippen molar-refractivity contribution in [1.82, 2.24) is 0 Å². The van der Waals surface area contributed by atoms with Gasteiger partial charge in [-0.3, -0.25) is 4.79 Å². The molecule has 0 aromatic rings. The molecule has 0 aliphatic heterocycles. The van der Waals surface area contributed by atoms with Crippen molar-refractivity contribution < 1.29 is 14.6 Å². The first-order chi connectivity index (χ1) is 8.14. The summed E-state index contributed by atoms with van der Waals surface area (Å²) in [5.41, 5.74) is -0.667. The Balaban J connectivity index is 3.00. The molecule has 0 amide bonds. The third-order valence-corrected chi connectivity index (χ3v) is 4.57. The van der Waals surface area contributed by atoms with Crippen molar-refractivity contribution in [3.05, 3.63) is 0 Å². The number of esters is 1. The summed E-state index contributed by atoms with van der Waals surface area (Å²) in [5, 5.41) is 11.0. The van der Waals surface area contributed by atoms with Gasteiger partial charge in [0, 0.05) is 0 Å². The quantitative estimate of drug-likeness (QED) is 0.790. The van der Waals surface area contributed by atoms with Gasteiger partial charge in [-0.25, -0.2) is 0 Å². The van der Waals surface area contributed by atoms with E-state index in [1.807, 2.05) is 13.8 Å². The predicted molar refractivity (Wildman–Crippen MR) is 72.1 cm³/mol. The Labute approximate surface area is 111 Å². The number of carbonyl (C=O) groups is 1. The Morgan fingerprint density at radius 1 is 1.33 bits per heavy atom. The Hall–Kier alpha value is -0.570. The van der Waals surface area contributed by atoms with Crippen LogP contribution < -0.4 is 0 Å². The summed E-state index contributed by atoms with van der Waals surface area (Å²) in [5.74, 6) is -0.494. The summed E-state index contributed by atoms with van der Waals surface area (Å²) in [6.07, 6.45) is 2.58. The highest BCUT2D eigenvalue weighted by Gasteiger charge is 2.51. The molecule has 1 aliphatic carbocycles. The molecule has 1 rings (SSSR count). The fraction of sp³-hybridized carbons (Fsp3) is 0.933. The van der Waals surface area contributed by atoms with Gasteiger partial charge in [0.2, 0.25) is 0 Å². The number of hydrogen-bond donors (Lipinski definition) is 1. The maximum absolute atomic E-state index is 12.0. The monoisotopic (exact) mass is 256 g/mol. The largest absolute Gasteiger partial charge is 0.469 e. The van der Waals surface area contributed by atoms with Crippen LogP contribution in [0.15, 0.2) is 0 Å². The van der Waals surface area contributed by atoms with Gasteiger partial charge >= 0.3 is 5.97 Å². The van der Waals surface area contributed by atoms with Gasteiger partial charge in [-0.05, 0) is 36.5 Å². The second-order valence-corrected chi connectivity index (χ2v) is 7.01. The van der Waals surface area contributed by atoms with E-state index in [1.165, 1.54) is 7.11 Å². The van der Waals surface area contributed by atoms with Crippen molar-refractivity contribution in [1.29, 1.82) is 0 Å². The van der Waals surface area contributed by atoms with Gasteiger partial charge in [0.15, 0.2) is 0 Å². The Morgan fingerprint density at radius 3 is 2.28 bits per heavy atom. The van der Waals surface area contributed by atoms with Crippen LogP contribution in [0, 0.1) is 23.2 Å². The van der Waals surface area contributed by atoms with E-state index in [-0.39, 0.29) is 23.2 Å². The lowest BCUT2D eigenvalue weighted by Gasteiger charge is -2.49. The second kappa shape index (κ2) is 5.20. The number of rotatable bonds is 3. The van der Waals surface area contributed by atoms with E-state index < -0.39 is 11.5 Å². The van der Waals surface area contributed by atoms with Crippen LogP contribution in [0.1, 0.15) is 53.9 Å². The Morgan fingerprint density at radius 2 is 1.89 bits per heavy atom. The van der Waals surface area contributed by atoms with E-state index >= 15 is 0 Å². The van der Waals surface area contributed by atoms with Crippen molar-refractivity contribution in [2.75, 3.05) is 7.11 Å². The minimum Gasteiger partial charge on any atom is -0.469 e. The Kier molecular flexibility index (Phi) is 4.47. The fourth-order valence-corrected chi connectivity index (χ4v) is 3.54. The predicted octanol–water partition coefficient (Wildman–Crippen LogP) is 3.01. The van der Waals surface area contributed by atoms with Gasteiger partial charge in [0.05, 0.1) is 18.6 Å². The molecule has 106 valence electrons. The third kappa shape index (κ3) is 2.87. The topological polar surface area (TPSA) is 46.5 Å². The summed E-state index contributed by atoms with van der Waals surface area (Å²) in [7, 11) is 1.40. The van der Waals surface area contributed by atoms with Crippen molar-refractivity contribution in [3.8, 4) is 0 Å². The fourth-order valence-electron chi connectivity index (χ4n) is 3.54. The van der Waals surface area contributed by atoms with Gasteiger partial charge < -0.3 is 9.84 Å². The highest BCUT2D eigenvalue weighted by molar-refractivity contribution is 5.74. The van der Waals surface area contributed by atoms with Gasteiger partial charge in [0.1, 0.15) is 0 Å². The molecule has 0 saturated heterocycles. The second-order valence-electron chi connectivity index (χ2n) is 7.01. The van der Waals surface area contributed by atoms with Gasteiger partial charge in [-0.2, -0.15) is 0 Å². The summed E-state index contributed by atoms with van der Waals surface area (Å²) >= 11 is 0. The number of methoxy groups -OCH3 is 1. The van der Waals surface area contributed by atoms with Crippen LogP contribution in [0.5, 0.6) is 0 Å². The van der Waals surface area contributed by atoms with E-state index in [0.29, 0.717) is 6.42 Å². The highest BCUT2D eigenvalue weighted by atomic mass is 16.5. The molecule has 3 heteroatoms. The summed E-state index contributed by atoms with van der Waals surface area (Å²) in [6.45, 7) is 10.5. The first kappa shape index (κ1) is 15.5. The van der Waals surface area contributed by atoms with Crippen LogP contribution in [-0.2, 0) is 9.53 Å². The average molecular weight is 256 g/mol. The van der Waals surface area contributed by atoms with E-state index in [0.717, 1.165) is 12.8 Å². The third-order valence-electron chi connectivity index (χ3n) is 4.57. The van der Waals surface area contributed by atoms with Crippen molar-refractivity contribution in [2.45, 2.75) is 59.5 Å².